The fourth-order valence-electron chi connectivity index (χ4n) is 1.39. The molecule has 0 aliphatic heterocycles. The second-order valence-corrected chi connectivity index (χ2v) is 7.26. The van der Waals surface area contributed by atoms with Gasteiger partial charge in [0.05, 0.1) is 5.02 Å². The molecule has 0 aliphatic rings. The van der Waals surface area contributed by atoms with Gasteiger partial charge in [-0.1, -0.05) is 41.4 Å². The molecule has 0 spiro atoms. The predicted octanol–water partition coefficient (Wildman–Crippen LogP) is 2.49. The van der Waals surface area contributed by atoms with Crippen molar-refractivity contribution in [2.75, 3.05) is 0 Å². The van der Waals surface area contributed by atoms with Crippen molar-refractivity contribution in [3.05, 3.63) is 27.7 Å². The van der Waals surface area contributed by atoms with E-state index in [9.17, 15) is 13.2 Å². The van der Waals surface area contributed by atoms with Crippen LogP contribution in [0, 0.1) is 5.92 Å². The Kier molecular flexibility index (Phi) is 5.37. The molecular weight excluding hydrogens is 358 g/mol. The minimum atomic E-state index is -4.00. The Hall–Kier alpha value is -0.630. The van der Waals surface area contributed by atoms with Crippen LogP contribution in [0.4, 0.5) is 0 Å². The number of carbonyl (C=O) groups is 1. The summed E-state index contributed by atoms with van der Waals surface area (Å²) in [7, 11) is -4.00. The van der Waals surface area contributed by atoms with Crippen LogP contribution in [0.2, 0.25) is 5.02 Å². The lowest BCUT2D eigenvalue weighted by molar-refractivity contribution is -0.140. The lowest BCUT2D eigenvalue weighted by atomic mass is 10.1. The largest absolute Gasteiger partial charge is 0.480 e. The molecule has 2 N–H and O–H groups in total. The Morgan fingerprint density at radius 1 is 1.42 bits per heavy atom. The molecule has 0 fully saturated rings. The van der Waals surface area contributed by atoms with Crippen molar-refractivity contribution in [2.24, 2.45) is 5.92 Å². The van der Waals surface area contributed by atoms with Crippen molar-refractivity contribution in [3.63, 3.8) is 0 Å². The zero-order valence-electron chi connectivity index (χ0n) is 10.2. The average Bonchev–Trinajstić information content (AvgIpc) is 2.28. The SMILES string of the molecule is CC(C)[C@H](NS(=O)(=O)c1cc(Br)ccc1Cl)C(=O)O. The molecule has 0 aliphatic carbocycles. The van der Waals surface area contributed by atoms with E-state index in [0.717, 1.165) is 0 Å². The molecule has 106 valence electrons. The van der Waals surface area contributed by atoms with Gasteiger partial charge in [-0.3, -0.25) is 4.79 Å². The summed E-state index contributed by atoms with van der Waals surface area (Å²) < 4.78 is 27.0. The molecule has 19 heavy (non-hydrogen) atoms. The highest BCUT2D eigenvalue weighted by Crippen LogP contribution is 2.25. The predicted molar refractivity (Wildman–Crippen MR) is 75.7 cm³/mol. The summed E-state index contributed by atoms with van der Waals surface area (Å²) in [5, 5.41) is 9.04. The summed E-state index contributed by atoms with van der Waals surface area (Å²) >= 11 is 8.98. The molecule has 0 heterocycles. The Labute approximate surface area is 125 Å². The Morgan fingerprint density at radius 2 is 2.00 bits per heavy atom. The van der Waals surface area contributed by atoms with Crippen molar-refractivity contribution in [1.82, 2.24) is 4.72 Å². The van der Waals surface area contributed by atoms with Crippen molar-refractivity contribution in [3.8, 4) is 0 Å². The molecule has 8 heteroatoms. The third-order valence-electron chi connectivity index (χ3n) is 2.40. The monoisotopic (exact) mass is 369 g/mol. The first-order valence-corrected chi connectivity index (χ1v) is 8.00. The molecule has 1 atom stereocenters. The second-order valence-electron chi connectivity index (χ2n) is 4.26. The van der Waals surface area contributed by atoms with Crippen molar-refractivity contribution < 1.29 is 18.3 Å². The summed E-state index contributed by atoms with van der Waals surface area (Å²) in [6, 6.07) is 3.13. The van der Waals surface area contributed by atoms with Gasteiger partial charge in [0, 0.05) is 4.47 Å². The summed E-state index contributed by atoms with van der Waals surface area (Å²) in [4.78, 5) is 10.9. The number of carboxylic acids is 1. The van der Waals surface area contributed by atoms with Gasteiger partial charge in [0.2, 0.25) is 10.0 Å². The zero-order chi connectivity index (χ0) is 14.8. The number of carboxylic acid groups (broad SMARTS) is 1. The van der Waals surface area contributed by atoms with Crippen LogP contribution in [-0.4, -0.2) is 25.5 Å². The third kappa shape index (κ3) is 4.17. The quantitative estimate of drug-likeness (QED) is 0.834. The molecule has 0 unspecified atom stereocenters. The van der Waals surface area contributed by atoms with E-state index in [0.29, 0.717) is 4.47 Å². The van der Waals surface area contributed by atoms with Gasteiger partial charge in [-0.25, -0.2) is 8.42 Å². The highest BCUT2D eigenvalue weighted by molar-refractivity contribution is 9.10. The number of hydrogen-bond donors (Lipinski definition) is 2. The molecule has 1 rings (SSSR count). The molecule has 5 nitrogen and oxygen atoms in total. The van der Waals surface area contributed by atoms with Crippen LogP contribution in [0.3, 0.4) is 0 Å². The van der Waals surface area contributed by atoms with E-state index in [4.69, 9.17) is 16.7 Å². The lowest BCUT2D eigenvalue weighted by Gasteiger charge is -2.18. The van der Waals surface area contributed by atoms with Crippen LogP contribution >= 0.6 is 27.5 Å². The van der Waals surface area contributed by atoms with Crippen LogP contribution in [-0.2, 0) is 14.8 Å². The van der Waals surface area contributed by atoms with Crippen molar-refractivity contribution in [1.29, 1.82) is 0 Å². The minimum absolute atomic E-state index is 0.0311. The fraction of sp³-hybridized carbons (Fsp3) is 0.364. The van der Waals surface area contributed by atoms with Crippen LogP contribution in [0.25, 0.3) is 0 Å². The fourth-order valence-corrected chi connectivity index (χ4v) is 3.76. The maximum atomic E-state index is 12.1. The summed E-state index contributed by atoms with van der Waals surface area (Å²) in [6.07, 6.45) is 0. The number of sulfonamides is 1. The minimum Gasteiger partial charge on any atom is -0.480 e. The maximum Gasteiger partial charge on any atom is 0.322 e. The molecule has 0 amide bonds. The number of benzene rings is 1. The molecule has 1 aromatic rings. The highest BCUT2D eigenvalue weighted by Gasteiger charge is 2.29. The Bertz CT molecular complexity index is 588. The van der Waals surface area contributed by atoms with Gasteiger partial charge < -0.3 is 5.11 Å². The zero-order valence-corrected chi connectivity index (χ0v) is 13.4. The standard InChI is InChI=1S/C11H13BrClNO4S/c1-6(2)10(11(15)16)14-19(17,18)9-5-7(12)3-4-8(9)13/h3-6,10,14H,1-2H3,(H,15,16)/t10-/m0/s1. The van der Waals surface area contributed by atoms with Crippen LogP contribution in [0.1, 0.15) is 13.8 Å². The molecule has 0 aromatic heterocycles. The highest BCUT2D eigenvalue weighted by atomic mass is 79.9. The summed E-state index contributed by atoms with van der Waals surface area (Å²) in [6.45, 7) is 3.23. The van der Waals surface area contributed by atoms with E-state index in [1.54, 1.807) is 19.9 Å². The number of rotatable bonds is 5. The molecule has 1 aromatic carbocycles. The van der Waals surface area contributed by atoms with Gasteiger partial charge in [-0.15, -0.1) is 0 Å². The van der Waals surface area contributed by atoms with Crippen LogP contribution in [0.15, 0.2) is 27.6 Å². The normalized spacial score (nSPS) is 13.5. The first-order valence-electron chi connectivity index (χ1n) is 5.35. The van der Waals surface area contributed by atoms with Gasteiger partial charge in [0.15, 0.2) is 0 Å². The smallest absolute Gasteiger partial charge is 0.322 e. The number of aliphatic carboxylic acids is 1. The van der Waals surface area contributed by atoms with Gasteiger partial charge in [-0.2, -0.15) is 4.72 Å². The summed E-state index contributed by atoms with van der Waals surface area (Å²) in [5.74, 6) is -1.62. The van der Waals surface area contributed by atoms with E-state index >= 15 is 0 Å². The Balaban J connectivity index is 3.17. The van der Waals surface area contributed by atoms with Crippen LogP contribution in [0.5, 0.6) is 0 Å². The van der Waals surface area contributed by atoms with E-state index in [-0.39, 0.29) is 9.92 Å². The molecule has 0 bridgehead atoms. The number of halogens is 2. The van der Waals surface area contributed by atoms with Crippen molar-refractivity contribution in [2.45, 2.75) is 24.8 Å². The molecule has 0 saturated carbocycles. The van der Waals surface area contributed by atoms with Crippen LogP contribution < -0.4 is 4.72 Å². The number of nitrogens with one attached hydrogen (secondary N) is 1. The van der Waals surface area contributed by atoms with Gasteiger partial charge in [-0.05, 0) is 24.1 Å². The maximum absolute atomic E-state index is 12.1. The van der Waals surface area contributed by atoms with E-state index in [2.05, 4.69) is 20.7 Å². The van der Waals surface area contributed by atoms with Gasteiger partial charge in [0.1, 0.15) is 10.9 Å². The molecular formula is C11H13BrClNO4S. The first-order chi connectivity index (χ1) is 8.65. The van der Waals surface area contributed by atoms with Gasteiger partial charge in [0.25, 0.3) is 0 Å². The number of hydrogen-bond acceptors (Lipinski definition) is 3. The van der Waals surface area contributed by atoms with E-state index < -0.39 is 28.0 Å². The van der Waals surface area contributed by atoms with Gasteiger partial charge >= 0.3 is 5.97 Å². The first kappa shape index (κ1) is 16.4. The summed E-state index contributed by atoms with van der Waals surface area (Å²) in [5.41, 5.74) is 0. The lowest BCUT2D eigenvalue weighted by Crippen LogP contribution is -2.44. The van der Waals surface area contributed by atoms with E-state index in [1.807, 2.05) is 0 Å². The molecule has 0 saturated heterocycles. The third-order valence-corrected chi connectivity index (χ3v) is 4.81. The Morgan fingerprint density at radius 3 is 2.47 bits per heavy atom. The second kappa shape index (κ2) is 6.21. The topological polar surface area (TPSA) is 83.5 Å². The van der Waals surface area contributed by atoms with Crippen molar-refractivity contribution >= 4 is 43.5 Å². The molecule has 0 radical (unpaired) electrons. The average molecular weight is 371 g/mol. The van der Waals surface area contributed by atoms with E-state index in [1.165, 1.54) is 12.1 Å².